The number of carbonyl (C=O) groups is 1. The first-order chi connectivity index (χ1) is 9.36. The molecule has 1 amide bonds. The van der Waals surface area contributed by atoms with Crippen molar-refractivity contribution < 1.29 is 49.4 Å². The maximum absolute atomic E-state index is 13.4. The number of fused-ring (bicyclic) bond motifs is 1. The number of nitrogens with one attached hydrogen (secondary N) is 1. The van der Waals surface area contributed by atoms with E-state index in [1.54, 1.807) is 0 Å². The van der Waals surface area contributed by atoms with E-state index in [2.05, 4.69) is 18.3 Å². The fourth-order valence-electron chi connectivity index (χ4n) is 2.10. The molecule has 0 aromatic rings. The van der Waals surface area contributed by atoms with Gasteiger partial charge in [-0.3, -0.25) is 0 Å². The van der Waals surface area contributed by atoms with Gasteiger partial charge in [-0.1, -0.05) is 0 Å². The van der Waals surface area contributed by atoms with Crippen molar-refractivity contribution >= 4 is 13.5 Å². The fraction of sp³-hybridized carbons (Fsp3) is 0.625. The summed E-state index contributed by atoms with van der Waals surface area (Å²) in [6.07, 6.45) is -12.8. The first kappa shape index (κ1) is 16.1. The first-order valence-corrected chi connectivity index (χ1v) is 7.08. The molecule has 6 nitrogen and oxygen atoms in total. The average molecular weight is 343 g/mol. The zero-order valence-corrected chi connectivity index (χ0v) is 11.2. The van der Waals surface area contributed by atoms with E-state index in [0.717, 1.165) is 0 Å². The number of hydrogen-bond donors (Lipinski definition) is 1. The number of amides is 1. The van der Waals surface area contributed by atoms with E-state index in [9.17, 15) is 31.1 Å². The number of ether oxygens (including phenoxy) is 1. The van der Waals surface area contributed by atoms with E-state index in [4.69, 9.17) is 0 Å². The Morgan fingerprint density at radius 3 is 2.05 bits per heavy atom. The van der Waals surface area contributed by atoms with Crippen molar-refractivity contribution in [3.05, 3.63) is 11.8 Å². The van der Waals surface area contributed by atoms with Crippen molar-refractivity contribution in [2.24, 2.45) is 0 Å². The summed E-state index contributed by atoms with van der Waals surface area (Å²) in [6.45, 7) is 0. The van der Waals surface area contributed by atoms with E-state index in [1.807, 2.05) is 0 Å². The second-order valence-corrected chi connectivity index (χ2v) is 7.61. The van der Waals surface area contributed by atoms with Crippen LogP contribution in [0.15, 0.2) is 11.8 Å². The van der Waals surface area contributed by atoms with Crippen molar-refractivity contribution in [2.45, 2.75) is 17.7 Å². The number of carbonyl (C=O) groups excluding carboxylic acids is 1. The van der Waals surface area contributed by atoms with Crippen molar-refractivity contribution in [2.75, 3.05) is 14.2 Å². The van der Waals surface area contributed by atoms with Gasteiger partial charge in [0.15, 0.2) is 0 Å². The van der Waals surface area contributed by atoms with Gasteiger partial charge in [-0.05, 0) is 0 Å². The summed E-state index contributed by atoms with van der Waals surface area (Å²) >= 11 is 0. The average Bonchev–Trinajstić information content (AvgIpc) is 2.74. The molecule has 0 radical (unpaired) electrons. The molecule has 0 spiro atoms. The number of halogens is 6. The fourth-order valence-corrected chi connectivity index (χ4v) is 5.36. The van der Waals surface area contributed by atoms with Crippen LogP contribution in [0.25, 0.3) is 0 Å². The molecule has 2 heterocycles. The van der Waals surface area contributed by atoms with E-state index >= 15 is 0 Å². The molecule has 1 N–H and O–H groups in total. The Kier molecular flexibility index (Phi) is 3.02. The molecule has 21 heavy (non-hydrogen) atoms. The topological polar surface area (TPSA) is 66.0 Å². The second-order valence-electron chi connectivity index (χ2n) is 4.04. The van der Waals surface area contributed by atoms with Crippen LogP contribution in [0.3, 0.4) is 0 Å². The molecule has 0 aromatic heterocycles. The molecule has 122 valence electrons. The van der Waals surface area contributed by atoms with Crippen molar-refractivity contribution in [1.29, 1.82) is 0 Å². The molecular formula is C8H8F6NO5P. The van der Waals surface area contributed by atoms with Gasteiger partial charge >= 0.3 is 112 Å². The second kappa shape index (κ2) is 3.93. The van der Waals surface area contributed by atoms with Crippen LogP contribution in [0.4, 0.5) is 31.1 Å². The molecule has 1 fully saturated rings. The van der Waals surface area contributed by atoms with E-state index in [-0.39, 0.29) is 0 Å². The van der Waals surface area contributed by atoms with Gasteiger partial charge < -0.3 is 0 Å². The third-order valence-electron chi connectivity index (χ3n) is 3.05. The zero-order chi connectivity index (χ0) is 16.3. The third-order valence-corrected chi connectivity index (χ3v) is 7.09. The summed E-state index contributed by atoms with van der Waals surface area (Å²) in [4.78, 5) is 11.2. The molecule has 0 bridgehead atoms. The Morgan fingerprint density at radius 1 is 1.19 bits per heavy atom. The molecule has 0 saturated carbocycles. The summed E-state index contributed by atoms with van der Waals surface area (Å²) < 4.78 is 95.8. The Labute approximate surface area is 113 Å². The van der Waals surface area contributed by atoms with Crippen LogP contribution in [0.2, 0.25) is 0 Å². The number of alkyl halides is 6. The van der Waals surface area contributed by atoms with Gasteiger partial charge in [0.25, 0.3) is 0 Å². The monoisotopic (exact) mass is 343 g/mol. The van der Waals surface area contributed by atoms with E-state index < -0.39 is 43.1 Å². The molecule has 0 aliphatic carbocycles. The molecule has 2 aliphatic rings. The van der Waals surface area contributed by atoms with Crippen molar-refractivity contribution in [3.8, 4) is 0 Å². The summed E-state index contributed by atoms with van der Waals surface area (Å²) in [5.74, 6) is -2.03. The number of allylic oxidation sites excluding steroid dienone is 1. The minimum atomic E-state index is -5.87. The van der Waals surface area contributed by atoms with Crippen LogP contribution in [0, 0.1) is 0 Å². The quantitative estimate of drug-likeness (QED) is 0.617. The SMILES string of the molecule is COP12(OC)NC(=O)OC1(C(F)(F)F)C=C(C(F)(F)F)O2. The Bertz CT molecular complexity index is 526. The van der Waals surface area contributed by atoms with Gasteiger partial charge in [0.2, 0.25) is 0 Å². The molecule has 0 aromatic carbocycles. The van der Waals surface area contributed by atoms with Crippen LogP contribution in [-0.4, -0.2) is 38.0 Å². The molecule has 2 aliphatic heterocycles. The predicted octanol–water partition coefficient (Wildman–Crippen LogP) is 2.97. The van der Waals surface area contributed by atoms with Gasteiger partial charge in [0, 0.05) is 0 Å². The first-order valence-electron chi connectivity index (χ1n) is 5.09. The maximum atomic E-state index is 13.4. The Hall–Kier alpha value is -1.26. The Balaban J connectivity index is 2.78. The van der Waals surface area contributed by atoms with Gasteiger partial charge in [-0.15, -0.1) is 0 Å². The van der Waals surface area contributed by atoms with E-state index in [0.29, 0.717) is 14.2 Å². The van der Waals surface area contributed by atoms with Crippen LogP contribution >= 0.6 is 7.43 Å². The predicted molar refractivity (Wildman–Crippen MR) is 54.6 cm³/mol. The van der Waals surface area contributed by atoms with Crippen LogP contribution in [-0.2, 0) is 18.3 Å². The number of rotatable bonds is 2. The van der Waals surface area contributed by atoms with Gasteiger partial charge in [0.05, 0.1) is 0 Å². The van der Waals surface area contributed by atoms with Crippen LogP contribution < -0.4 is 5.09 Å². The van der Waals surface area contributed by atoms with Crippen molar-refractivity contribution in [1.82, 2.24) is 5.09 Å². The standard InChI is InChI=1S/C8H8F6NO5P/c1-17-21(18-2)6(8(12,13)14,19-5(16)15-21)3-4(20-21)7(9,10)11/h3H,1-2H3,(H,15,16). The van der Waals surface area contributed by atoms with Gasteiger partial charge in [0.1, 0.15) is 0 Å². The van der Waals surface area contributed by atoms with Gasteiger partial charge in [-0.2, -0.15) is 0 Å². The van der Waals surface area contributed by atoms with Crippen molar-refractivity contribution in [3.63, 3.8) is 0 Å². The summed E-state index contributed by atoms with van der Waals surface area (Å²) in [5, 5.41) is -2.32. The molecule has 1 unspecified atom stereocenters. The summed E-state index contributed by atoms with van der Waals surface area (Å²) in [6, 6.07) is 0. The summed E-state index contributed by atoms with van der Waals surface area (Å²) in [5.41, 5.74) is 0. The normalized spacial score (nSPS) is 32.1. The molecule has 13 heteroatoms. The summed E-state index contributed by atoms with van der Waals surface area (Å²) in [7, 11) is -4.64. The van der Waals surface area contributed by atoms with E-state index in [1.165, 1.54) is 5.09 Å². The zero-order valence-electron chi connectivity index (χ0n) is 10.3. The number of hydrogen-bond acceptors (Lipinski definition) is 5. The molecular weight excluding hydrogens is 335 g/mol. The Morgan fingerprint density at radius 2 is 1.71 bits per heavy atom. The third kappa shape index (κ3) is 1.69. The molecule has 1 atom stereocenters. The van der Waals surface area contributed by atoms with Crippen LogP contribution in [0.5, 0.6) is 0 Å². The van der Waals surface area contributed by atoms with Gasteiger partial charge in [-0.25, -0.2) is 0 Å². The minimum absolute atomic E-state index is 0.393. The van der Waals surface area contributed by atoms with Crippen LogP contribution in [0.1, 0.15) is 0 Å². The molecule has 1 saturated heterocycles. The molecule has 2 rings (SSSR count).